The summed E-state index contributed by atoms with van der Waals surface area (Å²) in [5, 5.41) is 3.06. The number of alkyl halides is 3. The molecular formula is C16H13F4N3O2S. The van der Waals surface area contributed by atoms with Crippen molar-refractivity contribution in [1.29, 1.82) is 0 Å². The van der Waals surface area contributed by atoms with E-state index in [-0.39, 0.29) is 29.4 Å². The van der Waals surface area contributed by atoms with Crippen LogP contribution in [0.5, 0.6) is 17.6 Å². The van der Waals surface area contributed by atoms with Crippen molar-refractivity contribution in [2.45, 2.75) is 19.7 Å². The molecule has 0 aromatic carbocycles. The zero-order valence-corrected chi connectivity index (χ0v) is 14.5. The lowest BCUT2D eigenvalue weighted by atomic mass is 10.3. The van der Waals surface area contributed by atoms with Crippen molar-refractivity contribution < 1.29 is 27.0 Å². The molecule has 0 atom stereocenters. The third-order valence-corrected chi connectivity index (χ3v) is 4.10. The maximum absolute atomic E-state index is 13.0. The van der Waals surface area contributed by atoms with E-state index in [0.29, 0.717) is 4.88 Å². The Balaban J connectivity index is 1.76. The second kappa shape index (κ2) is 6.94. The van der Waals surface area contributed by atoms with Gasteiger partial charge in [-0.3, -0.25) is 0 Å². The quantitative estimate of drug-likeness (QED) is 0.595. The maximum Gasteiger partial charge on any atom is 0.435 e. The summed E-state index contributed by atoms with van der Waals surface area (Å²) in [5.74, 6) is 0.169. The predicted molar refractivity (Wildman–Crippen MR) is 85.9 cm³/mol. The third-order valence-electron chi connectivity index (χ3n) is 3.25. The highest BCUT2D eigenvalue weighted by molar-refractivity contribution is 7.10. The average molecular weight is 387 g/mol. The SMILES string of the molecule is Cc1cc(OCc2ccc(F)s2)nc(Oc2cc(C(F)(F)F)nn2C)c1. The van der Waals surface area contributed by atoms with Crippen molar-refractivity contribution in [3.8, 4) is 17.6 Å². The molecule has 0 saturated heterocycles. The second-order valence-corrected chi connectivity index (χ2v) is 6.53. The molecule has 5 nitrogen and oxygen atoms in total. The summed E-state index contributed by atoms with van der Waals surface area (Å²) in [7, 11) is 1.34. The summed E-state index contributed by atoms with van der Waals surface area (Å²) < 4.78 is 63.0. The smallest absolute Gasteiger partial charge is 0.435 e. The van der Waals surface area contributed by atoms with Gasteiger partial charge in [0.25, 0.3) is 0 Å². The van der Waals surface area contributed by atoms with Crippen LogP contribution in [0.4, 0.5) is 17.6 Å². The molecule has 0 bridgehead atoms. The number of ether oxygens (including phenoxy) is 2. The van der Waals surface area contributed by atoms with Gasteiger partial charge in [-0.05, 0) is 24.6 Å². The summed E-state index contributed by atoms with van der Waals surface area (Å²) in [6, 6.07) is 6.92. The van der Waals surface area contributed by atoms with Crippen LogP contribution in [0.2, 0.25) is 0 Å². The van der Waals surface area contributed by atoms with Crippen LogP contribution in [-0.2, 0) is 19.8 Å². The third kappa shape index (κ3) is 4.31. The first-order chi connectivity index (χ1) is 12.2. The molecule has 3 heterocycles. The number of thiophene rings is 1. The van der Waals surface area contributed by atoms with Crippen molar-refractivity contribution in [3.05, 3.63) is 51.6 Å². The Morgan fingerprint density at radius 3 is 2.50 bits per heavy atom. The van der Waals surface area contributed by atoms with Gasteiger partial charge in [-0.15, -0.1) is 11.3 Å². The molecule has 26 heavy (non-hydrogen) atoms. The molecule has 0 aliphatic heterocycles. The second-order valence-electron chi connectivity index (χ2n) is 5.41. The molecule has 0 saturated carbocycles. The Kier molecular flexibility index (Phi) is 4.86. The van der Waals surface area contributed by atoms with E-state index in [4.69, 9.17) is 9.47 Å². The number of hydrogen-bond donors (Lipinski definition) is 0. The largest absolute Gasteiger partial charge is 0.472 e. The van der Waals surface area contributed by atoms with E-state index in [2.05, 4.69) is 10.1 Å². The number of pyridine rings is 1. The zero-order chi connectivity index (χ0) is 18.9. The Morgan fingerprint density at radius 2 is 1.88 bits per heavy atom. The van der Waals surface area contributed by atoms with Gasteiger partial charge in [-0.25, -0.2) is 4.68 Å². The molecule has 0 aliphatic carbocycles. The normalized spacial score (nSPS) is 11.6. The van der Waals surface area contributed by atoms with E-state index in [1.54, 1.807) is 25.1 Å². The molecule has 0 unspecified atom stereocenters. The van der Waals surface area contributed by atoms with Crippen molar-refractivity contribution in [2.75, 3.05) is 0 Å². The van der Waals surface area contributed by atoms with Crippen LogP contribution in [0.1, 0.15) is 16.1 Å². The molecule has 10 heteroatoms. The first-order valence-electron chi connectivity index (χ1n) is 7.35. The number of rotatable bonds is 5. The first-order valence-corrected chi connectivity index (χ1v) is 8.17. The maximum atomic E-state index is 13.0. The van der Waals surface area contributed by atoms with E-state index in [0.717, 1.165) is 27.6 Å². The van der Waals surface area contributed by atoms with Crippen molar-refractivity contribution in [2.24, 2.45) is 7.05 Å². The van der Waals surface area contributed by atoms with Crippen molar-refractivity contribution in [3.63, 3.8) is 0 Å². The van der Waals surface area contributed by atoms with Gasteiger partial charge in [0.2, 0.25) is 17.6 Å². The number of hydrogen-bond acceptors (Lipinski definition) is 5. The number of nitrogens with zero attached hydrogens (tertiary/aromatic N) is 3. The van der Waals surface area contributed by atoms with E-state index in [9.17, 15) is 17.6 Å². The highest BCUT2D eigenvalue weighted by atomic mass is 32.1. The van der Waals surface area contributed by atoms with E-state index >= 15 is 0 Å². The lowest BCUT2D eigenvalue weighted by Crippen LogP contribution is -2.06. The summed E-state index contributed by atoms with van der Waals surface area (Å²) in [5.41, 5.74) is -0.320. The fourth-order valence-electron chi connectivity index (χ4n) is 2.10. The van der Waals surface area contributed by atoms with Gasteiger partial charge in [0.05, 0.1) is 0 Å². The average Bonchev–Trinajstić information content (AvgIpc) is 3.11. The van der Waals surface area contributed by atoms with Crippen LogP contribution in [0.3, 0.4) is 0 Å². The van der Waals surface area contributed by atoms with E-state index in [1.807, 2.05) is 0 Å². The van der Waals surface area contributed by atoms with E-state index < -0.39 is 11.9 Å². The fraction of sp³-hybridized carbons (Fsp3) is 0.250. The van der Waals surface area contributed by atoms with Crippen LogP contribution >= 0.6 is 11.3 Å². The number of aryl methyl sites for hydroxylation is 2. The Labute approximate surface area is 149 Å². The highest BCUT2D eigenvalue weighted by Gasteiger charge is 2.35. The summed E-state index contributed by atoms with van der Waals surface area (Å²) in [4.78, 5) is 4.78. The lowest BCUT2D eigenvalue weighted by Gasteiger charge is -2.09. The summed E-state index contributed by atoms with van der Waals surface area (Å²) in [6.07, 6.45) is -4.57. The highest BCUT2D eigenvalue weighted by Crippen LogP contribution is 2.32. The van der Waals surface area contributed by atoms with Gasteiger partial charge >= 0.3 is 6.18 Å². The van der Waals surface area contributed by atoms with Gasteiger partial charge in [0.15, 0.2) is 10.8 Å². The molecule has 0 aliphatic rings. The Morgan fingerprint density at radius 1 is 1.15 bits per heavy atom. The van der Waals surface area contributed by atoms with E-state index in [1.165, 1.54) is 13.1 Å². The topological polar surface area (TPSA) is 49.2 Å². The van der Waals surface area contributed by atoms with Gasteiger partial charge in [0, 0.05) is 30.1 Å². The molecule has 0 spiro atoms. The Hall–Kier alpha value is -2.62. The van der Waals surface area contributed by atoms with Crippen molar-refractivity contribution >= 4 is 11.3 Å². The van der Waals surface area contributed by atoms with Crippen LogP contribution in [-0.4, -0.2) is 14.8 Å². The zero-order valence-electron chi connectivity index (χ0n) is 13.7. The lowest BCUT2D eigenvalue weighted by molar-refractivity contribution is -0.141. The van der Waals surface area contributed by atoms with Gasteiger partial charge < -0.3 is 9.47 Å². The molecule has 0 radical (unpaired) electrons. The summed E-state index contributed by atoms with van der Waals surface area (Å²) >= 11 is 0.956. The molecule has 3 aromatic rings. The first kappa shape index (κ1) is 18.2. The van der Waals surface area contributed by atoms with Gasteiger partial charge in [0.1, 0.15) is 6.61 Å². The number of halogens is 4. The van der Waals surface area contributed by atoms with Crippen LogP contribution in [0, 0.1) is 12.1 Å². The monoisotopic (exact) mass is 387 g/mol. The fourth-order valence-corrected chi connectivity index (χ4v) is 2.74. The van der Waals surface area contributed by atoms with Gasteiger partial charge in [-0.1, -0.05) is 0 Å². The van der Waals surface area contributed by atoms with Crippen LogP contribution in [0.15, 0.2) is 30.3 Å². The molecule has 3 rings (SSSR count). The Bertz CT molecular complexity index is 921. The van der Waals surface area contributed by atoms with Gasteiger partial charge in [-0.2, -0.15) is 27.6 Å². The predicted octanol–water partition coefficient (Wildman–Crippen LogP) is 4.71. The molecular weight excluding hydrogens is 374 g/mol. The molecule has 0 N–H and O–H groups in total. The summed E-state index contributed by atoms with van der Waals surface area (Å²) in [6.45, 7) is 1.88. The minimum Gasteiger partial charge on any atom is -0.472 e. The minimum absolute atomic E-state index is 0.0640. The minimum atomic E-state index is -4.57. The standard InChI is InChI=1S/C16H13F4N3O2S/c1-9-5-13(24-8-10-3-4-12(17)26-10)21-14(6-9)25-15-7-11(16(18,19)20)22-23(15)2/h3-7H,8H2,1-2H3. The molecule has 138 valence electrons. The van der Waals surface area contributed by atoms with Crippen LogP contribution in [0.25, 0.3) is 0 Å². The van der Waals surface area contributed by atoms with Crippen molar-refractivity contribution in [1.82, 2.24) is 14.8 Å². The van der Waals surface area contributed by atoms with Crippen LogP contribution < -0.4 is 9.47 Å². The molecule has 0 fully saturated rings. The molecule has 0 amide bonds. The molecule has 3 aromatic heterocycles. The number of aromatic nitrogens is 3.